The van der Waals surface area contributed by atoms with Crippen molar-refractivity contribution < 1.29 is 13.5 Å². The lowest BCUT2D eigenvalue weighted by atomic mass is 10.00. The zero-order chi connectivity index (χ0) is 13.7. The molecule has 1 unspecified atom stereocenters. The van der Waals surface area contributed by atoms with E-state index in [2.05, 4.69) is 5.32 Å². The lowest BCUT2D eigenvalue weighted by Crippen LogP contribution is -2.22. The summed E-state index contributed by atoms with van der Waals surface area (Å²) < 4.78 is 23.5. The van der Waals surface area contributed by atoms with Crippen molar-refractivity contribution in [2.45, 2.75) is 19.4 Å². The van der Waals surface area contributed by atoms with E-state index in [4.69, 9.17) is 9.15 Å². The molecule has 4 heteroatoms. The summed E-state index contributed by atoms with van der Waals surface area (Å²) >= 11 is 0. The summed E-state index contributed by atoms with van der Waals surface area (Å²) in [6.45, 7) is 2.88. The van der Waals surface area contributed by atoms with Crippen LogP contribution in [0, 0.1) is 5.82 Å². The van der Waals surface area contributed by atoms with E-state index in [9.17, 15) is 4.39 Å². The summed E-state index contributed by atoms with van der Waals surface area (Å²) in [7, 11) is 1.47. The fourth-order valence-electron chi connectivity index (χ4n) is 2.09. The number of methoxy groups -OCH3 is 1. The molecule has 0 aliphatic rings. The molecule has 1 aromatic carbocycles. The molecule has 0 amide bonds. The quantitative estimate of drug-likeness (QED) is 0.868. The number of nitrogens with one attached hydrogen (secondary N) is 1. The number of hydrogen-bond acceptors (Lipinski definition) is 3. The highest BCUT2D eigenvalue weighted by Gasteiger charge is 2.14. The van der Waals surface area contributed by atoms with Gasteiger partial charge in [0.25, 0.3) is 0 Å². The van der Waals surface area contributed by atoms with Crippen LogP contribution in [0.2, 0.25) is 0 Å². The summed E-state index contributed by atoms with van der Waals surface area (Å²) in [5.41, 5.74) is 2.11. The predicted octanol–water partition coefficient (Wildman–Crippen LogP) is 3.32. The van der Waals surface area contributed by atoms with Crippen molar-refractivity contribution in [3.05, 3.63) is 53.7 Å². The average molecular weight is 263 g/mol. The van der Waals surface area contributed by atoms with Gasteiger partial charge in [0, 0.05) is 6.04 Å². The Morgan fingerprint density at radius 2 is 2.21 bits per heavy atom. The van der Waals surface area contributed by atoms with Crippen molar-refractivity contribution in [3.63, 3.8) is 0 Å². The SMILES string of the molecule is CCNC(Cc1ccoc1)c1ccc(F)c(OC)c1. The van der Waals surface area contributed by atoms with Crippen LogP contribution < -0.4 is 10.1 Å². The first-order valence-corrected chi connectivity index (χ1v) is 6.32. The van der Waals surface area contributed by atoms with E-state index in [-0.39, 0.29) is 17.6 Å². The second kappa shape index (κ2) is 6.38. The monoisotopic (exact) mass is 263 g/mol. The maximum absolute atomic E-state index is 13.4. The molecule has 1 heterocycles. The Morgan fingerprint density at radius 3 is 2.84 bits per heavy atom. The third-order valence-electron chi connectivity index (χ3n) is 3.05. The van der Waals surface area contributed by atoms with Crippen LogP contribution in [-0.2, 0) is 6.42 Å². The number of ether oxygens (including phenoxy) is 1. The first-order valence-electron chi connectivity index (χ1n) is 6.32. The molecule has 0 saturated heterocycles. The molecule has 0 aliphatic carbocycles. The standard InChI is InChI=1S/C15H18FNO2/c1-3-17-14(8-11-6-7-19-10-11)12-4-5-13(16)15(9-12)18-2/h4-7,9-10,14,17H,3,8H2,1-2H3. The molecule has 2 rings (SSSR count). The van der Waals surface area contributed by atoms with Crippen molar-refractivity contribution in [2.75, 3.05) is 13.7 Å². The van der Waals surface area contributed by atoms with Crippen molar-refractivity contribution in [3.8, 4) is 5.75 Å². The smallest absolute Gasteiger partial charge is 0.165 e. The summed E-state index contributed by atoms with van der Waals surface area (Å²) in [5, 5.41) is 3.39. The van der Waals surface area contributed by atoms with Gasteiger partial charge in [-0.1, -0.05) is 13.0 Å². The van der Waals surface area contributed by atoms with E-state index in [0.29, 0.717) is 0 Å². The van der Waals surface area contributed by atoms with Crippen molar-refractivity contribution in [2.24, 2.45) is 0 Å². The van der Waals surface area contributed by atoms with E-state index in [1.807, 2.05) is 13.0 Å². The summed E-state index contributed by atoms with van der Waals surface area (Å²) in [5.74, 6) is -0.0718. The van der Waals surface area contributed by atoms with Gasteiger partial charge < -0.3 is 14.5 Å². The fourth-order valence-corrected chi connectivity index (χ4v) is 2.09. The molecule has 0 radical (unpaired) electrons. The predicted molar refractivity (Wildman–Crippen MR) is 71.8 cm³/mol. The third-order valence-corrected chi connectivity index (χ3v) is 3.05. The first-order chi connectivity index (χ1) is 9.24. The fraction of sp³-hybridized carbons (Fsp3) is 0.333. The maximum Gasteiger partial charge on any atom is 0.165 e. The van der Waals surface area contributed by atoms with E-state index in [1.165, 1.54) is 13.2 Å². The van der Waals surface area contributed by atoms with Gasteiger partial charge in [0.15, 0.2) is 11.6 Å². The Bertz CT molecular complexity index is 511. The number of likely N-dealkylation sites (N-methyl/N-ethyl adjacent to an activating group) is 1. The largest absolute Gasteiger partial charge is 0.494 e. The molecule has 3 nitrogen and oxygen atoms in total. The second-order valence-electron chi connectivity index (χ2n) is 4.34. The van der Waals surface area contributed by atoms with Crippen LogP contribution in [0.5, 0.6) is 5.75 Å². The van der Waals surface area contributed by atoms with Gasteiger partial charge in [-0.25, -0.2) is 4.39 Å². The van der Waals surface area contributed by atoms with E-state index in [0.717, 1.165) is 24.1 Å². The van der Waals surface area contributed by atoms with Crippen LogP contribution in [0.1, 0.15) is 24.1 Å². The number of rotatable bonds is 6. The number of hydrogen-bond donors (Lipinski definition) is 1. The molecule has 1 atom stereocenters. The molecule has 19 heavy (non-hydrogen) atoms. The Balaban J connectivity index is 2.22. The Kier molecular flexibility index (Phi) is 4.58. The lowest BCUT2D eigenvalue weighted by molar-refractivity contribution is 0.384. The van der Waals surface area contributed by atoms with Gasteiger partial charge in [-0.3, -0.25) is 0 Å². The number of benzene rings is 1. The third kappa shape index (κ3) is 3.35. The topological polar surface area (TPSA) is 34.4 Å². The highest BCUT2D eigenvalue weighted by molar-refractivity contribution is 5.33. The van der Waals surface area contributed by atoms with Crippen molar-refractivity contribution in [1.82, 2.24) is 5.32 Å². The summed E-state index contributed by atoms with van der Waals surface area (Å²) in [6.07, 6.45) is 4.17. The molecular formula is C15H18FNO2. The van der Waals surface area contributed by atoms with Crippen LogP contribution >= 0.6 is 0 Å². The van der Waals surface area contributed by atoms with Gasteiger partial charge >= 0.3 is 0 Å². The number of furan rings is 1. The van der Waals surface area contributed by atoms with Gasteiger partial charge in [-0.05, 0) is 42.3 Å². The van der Waals surface area contributed by atoms with Crippen LogP contribution in [0.3, 0.4) is 0 Å². The molecule has 0 bridgehead atoms. The van der Waals surface area contributed by atoms with E-state index < -0.39 is 0 Å². The molecule has 102 valence electrons. The highest BCUT2D eigenvalue weighted by Crippen LogP contribution is 2.25. The first kappa shape index (κ1) is 13.6. The molecule has 0 saturated carbocycles. The van der Waals surface area contributed by atoms with Gasteiger partial charge in [0.05, 0.1) is 19.6 Å². The van der Waals surface area contributed by atoms with Crippen LogP contribution in [0.25, 0.3) is 0 Å². The van der Waals surface area contributed by atoms with Crippen LogP contribution in [0.15, 0.2) is 41.2 Å². The highest BCUT2D eigenvalue weighted by atomic mass is 19.1. The Hall–Kier alpha value is -1.81. The molecule has 1 aromatic heterocycles. The zero-order valence-electron chi connectivity index (χ0n) is 11.2. The van der Waals surface area contributed by atoms with Gasteiger partial charge in [0.1, 0.15) is 0 Å². The van der Waals surface area contributed by atoms with Crippen LogP contribution in [-0.4, -0.2) is 13.7 Å². The number of halogens is 1. The zero-order valence-corrected chi connectivity index (χ0v) is 11.2. The molecule has 0 fully saturated rings. The van der Waals surface area contributed by atoms with E-state index >= 15 is 0 Å². The molecule has 0 spiro atoms. The van der Waals surface area contributed by atoms with Crippen molar-refractivity contribution >= 4 is 0 Å². The molecule has 1 N–H and O–H groups in total. The summed E-state index contributed by atoms with van der Waals surface area (Å²) in [6, 6.07) is 7.00. The Morgan fingerprint density at radius 1 is 1.37 bits per heavy atom. The van der Waals surface area contributed by atoms with Gasteiger partial charge in [-0.2, -0.15) is 0 Å². The normalized spacial score (nSPS) is 12.4. The summed E-state index contributed by atoms with van der Waals surface area (Å²) in [4.78, 5) is 0. The molecule has 0 aliphatic heterocycles. The van der Waals surface area contributed by atoms with E-state index in [1.54, 1.807) is 24.7 Å². The van der Waals surface area contributed by atoms with Gasteiger partial charge in [-0.15, -0.1) is 0 Å². The lowest BCUT2D eigenvalue weighted by Gasteiger charge is -2.18. The Labute approximate surface area is 112 Å². The van der Waals surface area contributed by atoms with Gasteiger partial charge in [0.2, 0.25) is 0 Å². The second-order valence-corrected chi connectivity index (χ2v) is 4.34. The average Bonchev–Trinajstić information content (AvgIpc) is 2.92. The van der Waals surface area contributed by atoms with Crippen molar-refractivity contribution in [1.29, 1.82) is 0 Å². The maximum atomic E-state index is 13.4. The minimum absolute atomic E-state index is 0.108. The van der Waals surface area contributed by atoms with Crippen LogP contribution in [0.4, 0.5) is 4.39 Å². The molecular weight excluding hydrogens is 245 g/mol. The minimum Gasteiger partial charge on any atom is -0.494 e. The molecule has 2 aromatic rings. The minimum atomic E-state index is -0.343.